The molecule has 5 rings (SSSR count). The van der Waals surface area contributed by atoms with Crippen molar-refractivity contribution in [2.75, 3.05) is 24.5 Å². The van der Waals surface area contributed by atoms with E-state index in [4.69, 9.17) is 0 Å². The molecule has 0 bridgehead atoms. The molecule has 2 heterocycles. The maximum Gasteiger partial charge on any atom is 0.573 e. The molecule has 1 atom stereocenters. The molecule has 270 valence electrons. The zero-order chi connectivity index (χ0) is 36.4. The number of carbonyl (C=O) groups excluding carboxylic acids is 1. The van der Waals surface area contributed by atoms with Gasteiger partial charge in [-0.25, -0.2) is 27.8 Å². The van der Waals surface area contributed by atoms with Crippen molar-refractivity contribution in [2.45, 2.75) is 51.5 Å². The number of nitrogens with zero attached hydrogens (tertiary/aromatic N) is 5. The minimum atomic E-state index is -5.13. The Morgan fingerprint density at radius 1 is 1.10 bits per heavy atom. The molecular formula is C30H29F7N6O5S2. The SMILES string of the molecule is C=N/C(=N\c1nc(N2CCN(S(=O)(=O)C3=CCC=C(OC(F)(F)F)C=C3)[C@@H](C(=O)NCc3ccc(OC(F)(F)F)c(F)c3)C2)sc1C)C1CC1. The molecule has 1 N–H and O–H groups in total. The van der Waals surface area contributed by atoms with Crippen LogP contribution in [-0.2, 0) is 26.1 Å². The molecule has 0 unspecified atom stereocenters. The van der Waals surface area contributed by atoms with Crippen LogP contribution in [0, 0.1) is 18.7 Å². The number of hydrogen-bond donors (Lipinski definition) is 1. The average Bonchev–Trinajstić information content (AvgIpc) is 3.84. The smallest absolute Gasteiger partial charge is 0.406 e. The zero-order valence-corrected chi connectivity index (χ0v) is 27.7. The number of hydrogen-bond acceptors (Lipinski definition) is 9. The molecule has 11 nitrogen and oxygen atoms in total. The number of piperazine rings is 1. The van der Waals surface area contributed by atoms with Gasteiger partial charge in [0.2, 0.25) is 15.9 Å². The first-order chi connectivity index (χ1) is 23.4. The Labute approximate surface area is 285 Å². The summed E-state index contributed by atoms with van der Waals surface area (Å²) in [5, 5.41) is 2.94. The Balaban J connectivity index is 1.39. The number of anilines is 1. The van der Waals surface area contributed by atoms with Crippen molar-refractivity contribution >= 4 is 50.8 Å². The summed E-state index contributed by atoms with van der Waals surface area (Å²) in [6.45, 7) is 4.56. The summed E-state index contributed by atoms with van der Waals surface area (Å²) < 4.78 is 127. The number of sulfonamides is 1. The first kappa shape index (κ1) is 37.0. The highest BCUT2D eigenvalue weighted by molar-refractivity contribution is 7.93. The van der Waals surface area contributed by atoms with Crippen molar-refractivity contribution in [3.63, 3.8) is 0 Å². The predicted molar refractivity (Wildman–Crippen MR) is 170 cm³/mol. The Morgan fingerprint density at radius 2 is 1.82 bits per heavy atom. The van der Waals surface area contributed by atoms with E-state index >= 15 is 0 Å². The summed E-state index contributed by atoms with van der Waals surface area (Å²) in [6.07, 6.45) is -4.50. The average molecular weight is 751 g/mol. The van der Waals surface area contributed by atoms with Gasteiger partial charge in [-0.05, 0) is 68.8 Å². The van der Waals surface area contributed by atoms with E-state index in [2.05, 4.69) is 36.5 Å². The number of aromatic nitrogens is 1. The number of carbonyl (C=O) groups is 1. The molecular weight excluding hydrogens is 721 g/mol. The normalized spacial score (nSPS) is 19.4. The van der Waals surface area contributed by atoms with E-state index in [-0.39, 0.29) is 42.4 Å². The van der Waals surface area contributed by atoms with E-state index in [1.165, 1.54) is 17.4 Å². The second-order valence-electron chi connectivity index (χ2n) is 11.2. The lowest BCUT2D eigenvalue weighted by Crippen LogP contribution is -2.60. The number of nitrogens with one attached hydrogen (secondary N) is 1. The molecule has 2 aromatic rings. The minimum Gasteiger partial charge on any atom is -0.406 e. The fourth-order valence-corrected chi connectivity index (χ4v) is 7.58. The topological polar surface area (TPSA) is 126 Å². The van der Waals surface area contributed by atoms with Gasteiger partial charge in [0.05, 0.1) is 4.91 Å². The largest absolute Gasteiger partial charge is 0.573 e. The zero-order valence-electron chi connectivity index (χ0n) is 26.1. The van der Waals surface area contributed by atoms with Gasteiger partial charge in [0.1, 0.15) is 17.6 Å². The third kappa shape index (κ3) is 9.27. The van der Waals surface area contributed by atoms with Gasteiger partial charge in [0, 0.05) is 37.0 Å². The molecule has 1 aromatic carbocycles. The lowest BCUT2D eigenvalue weighted by atomic mass is 10.1. The summed E-state index contributed by atoms with van der Waals surface area (Å²) in [4.78, 5) is 28.8. The molecule has 2 fully saturated rings. The maximum atomic E-state index is 14.3. The predicted octanol–water partition coefficient (Wildman–Crippen LogP) is 6.03. The van der Waals surface area contributed by atoms with Gasteiger partial charge < -0.3 is 19.7 Å². The lowest BCUT2D eigenvalue weighted by Gasteiger charge is -2.39. The molecule has 3 aliphatic rings. The summed E-state index contributed by atoms with van der Waals surface area (Å²) >= 11 is 1.26. The van der Waals surface area contributed by atoms with E-state index in [0.29, 0.717) is 16.8 Å². The van der Waals surface area contributed by atoms with Gasteiger partial charge in [-0.3, -0.25) is 4.79 Å². The summed E-state index contributed by atoms with van der Waals surface area (Å²) in [6, 6.07) is 1.12. The highest BCUT2D eigenvalue weighted by Gasteiger charge is 2.42. The number of thiazole rings is 1. The Bertz CT molecular complexity index is 1870. The van der Waals surface area contributed by atoms with Gasteiger partial charge >= 0.3 is 12.7 Å². The maximum absolute atomic E-state index is 14.3. The fourth-order valence-electron chi connectivity index (χ4n) is 5.06. The van der Waals surface area contributed by atoms with Crippen molar-refractivity contribution in [1.29, 1.82) is 0 Å². The van der Waals surface area contributed by atoms with Crippen molar-refractivity contribution in [3.05, 3.63) is 69.4 Å². The van der Waals surface area contributed by atoms with Crippen molar-refractivity contribution in [1.82, 2.24) is 14.6 Å². The van der Waals surface area contributed by atoms with E-state index < -0.39 is 58.6 Å². The summed E-state index contributed by atoms with van der Waals surface area (Å²) in [5.41, 5.74) is 0.0467. The van der Waals surface area contributed by atoms with E-state index in [1.54, 1.807) is 11.8 Å². The third-order valence-electron chi connectivity index (χ3n) is 7.57. The molecule has 50 heavy (non-hydrogen) atoms. The molecule has 0 spiro atoms. The number of amides is 1. The molecule has 1 amide bonds. The molecule has 1 aromatic heterocycles. The van der Waals surface area contributed by atoms with Crippen LogP contribution >= 0.6 is 11.3 Å². The quantitative estimate of drug-likeness (QED) is 0.179. The first-order valence-corrected chi connectivity index (χ1v) is 17.1. The number of aliphatic imine (C=N–C) groups is 2. The number of alkyl halides is 6. The third-order valence-corrected chi connectivity index (χ3v) is 10.5. The molecule has 2 aliphatic carbocycles. The van der Waals surface area contributed by atoms with Crippen LogP contribution in [0.15, 0.2) is 63.2 Å². The van der Waals surface area contributed by atoms with Crippen LogP contribution in [0.2, 0.25) is 0 Å². The Hall–Kier alpha value is -4.30. The van der Waals surface area contributed by atoms with Crippen LogP contribution in [0.25, 0.3) is 0 Å². The Morgan fingerprint density at radius 3 is 2.46 bits per heavy atom. The molecule has 1 saturated carbocycles. The number of allylic oxidation sites excluding steroid dienone is 4. The fraction of sp³-hybridized carbons (Fsp3) is 0.400. The van der Waals surface area contributed by atoms with Gasteiger partial charge in [-0.2, -0.15) is 4.31 Å². The number of amidine groups is 1. The summed E-state index contributed by atoms with van der Waals surface area (Å²) in [7, 11) is -4.50. The van der Waals surface area contributed by atoms with Gasteiger partial charge in [-0.15, -0.1) is 26.3 Å². The van der Waals surface area contributed by atoms with Crippen molar-refractivity contribution in [2.24, 2.45) is 15.9 Å². The number of halogens is 7. The van der Waals surface area contributed by atoms with Gasteiger partial charge in [-0.1, -0.05) is 23.5 Å². The minimum absolute atomic E-state index is 0.0467. The number of ether oxygens (including phenoxy) is 2. The standard InChI is InChI=1S/C30H29F7N6O5S2/c1-17-25(40-26(38-2)19-7-8-19)41-28(49-17)42-12-13-43(50(45,46)21-5-3-4-20(9-10-21)47-29(32,33)34)23(16-42)27(44)39-15-18-6-11-24(22(31)14-18)48-30(35,36)37/h4-6,9-11,14,19,23H,2-3,7-8,12-13,15-16H2,1H3,(H,39,44)/b40-26-/t23-/m1/s1. The van der Waals surface area contributed by atoms with E-state index in [0.717, 1.165) is 58.5 Å². The van der Waals surface area contributed by atoms with Crippen LogP contribution in [0.5, 0.6) is 5.75 Å². The summed E-state index contributed by atoms with van der Waals surface area (Å²) in [5.74, 6) is -2.74. The molecule has 0 radical (unpaired) electrons. The van der Waals surface area contributed by atoms with Crippen LogP contribution < -0.4 is 15.0 Å². The van der Waals surface area contributed by atoms with Crippen molar-refractivity contribution in [3.8, 4) is 5.75 Å². The lowest BCUT2D eigenvalue weighted by molar-refractivity contribution is -0.303. The highest BCUT2D eigenvalue weighted by atomic mass is 32.2. The van der Waals surface area contributed by atoms with E-state index in [1.807, 2.05) is 0 Å². The Kier molecular flexibility index (Phi) is 10.7. The van der Waals surface area contributed by atoms with E-state index in [9.17, 15) is 43.9 Å². The monoisotopic (exact) mass is 750 g/mol. The second-order valence-corrected chi connectivity index (χ2v) is 14.3. The van der Waals surface area contributed by atoms with Crippen molar-refractivity contribution < 1.29 is 53.4 Å². The molecule has 1 saturated heterocycles. The van der Waals surface area contributed by atoms with Gasteiger partial charge in [0.25, 0.3) is 0 Å². The number of rotatable bonds is 10. The van der Waals surface area contributed by atoms with Crippen LogP contribution in [0.3, 0.4) is 0 Å². The number of aryl methyl sites for hydroxylation is 1. The first-order valence-electron chi connectivity index (χ1n) is 14.9. The van der Waals surface area contributed by atoms with Crippen LogP contribution in [0.4, 0.5) is 41.7 Å². The number of benzene rings is 1. The second kappa shape index (κ2) is 14.5. The van der Waals surface area contributed by atoms with Gasteiger partial charge in [0.15, 0.2) is 22.5 Å². The molecule has 1 aliphatic heterocycles. The highest BCUT2D eigenvalue weighted by Crippen LogP contribution is 2.37. The molecule has 20 heteroatoms. The van der Waals surface area contributed by atoms with Crippen LogP contribution in [-0.4, -0.2) is 74.6 Å². The van der Waals surface area contributed by atoms with Crippen LogP contribution in [0.1, 0.15) is 29.7 Å².